The maximum absolute atomic E-state index is 3.76. The smallest absolute Gasteiger partial charge is 0.0695 e. The molecule has 1 atom stereocenters. The molecule has 2 aromatic carbocycles. The molecule has 0 radical (unpaired) electrons. The molecular formula is C21H22N2. The Morgan fingerprint density at radius 2 is 2.00 bits per heavy atom. The van der Waals surface area contributed by atoms with Gasteiger partial charge < -0.3 is 9.88 Å². The minimum atomic E-state index is 0.509. The van der Waals surface area contributed by atoms with Gasteiger partial charge in [-0.25, -0.2) is 0 Å². The summed E-state index contributed by atoms with van der Waals surface area (Å²) in [5.74, 6) is 0. The Hall–Kier alpha value is -2.22. The fraction of sp³-hybridized carbons (Fsp3) is 0.333. The van der Waals surface area contributed by atoms with Crippen molar-refractivity contribution >= 4 is 16.6 Å². The van der Waals surface area contributed by atoms with Gasteiger partial charge >= 0.3 is 0 Å². The zero-order valence-corrected chi connectivity index (χ0v) is 13.6. The van der Waals surface area contributed by atoms with Crippen LogP contribution in [0.3, 0.4) is 0 Å². The normalized spacial score (nSPS) is 19.9. The van der Waals surface area contributed by atoms with Crippen LogP contribution in [-0.4, -0.2) is 11.5 Å². The molecule has 23 heavy (non-hydrogen) atoms. The molecule has 0 spiro atoms. The van der Waals surface area contributed by atoms with E-state index >= 15 is 0 Å². The number of H-pyrrole nitrogens is 1. The first kappa shape index (κ1) is 13.2. The maximum atomic E-state index is 3.76. The zero-order chi connectivity index (χ0) is 15.4. The quantitative estimate of drug-likeness (QED) is 0.676. The zero-order valence-electron chi connectivity index (χ0n) is 13.6. The number of fused-ring (bicyclic) bond motifs is 4. The van der Waals surface area contributed by atoms with Crippen molar-refractivity contribution in [2.45, 2.75) is 38.6 Å². The monoisotopic (exact) mass is 302 g/mol. The van der Waals surface area contributed by atoms with Gasteiger partial charge in [-0.3, -0.25) is 0 Å². The third-order valence-corrected chi connectivity index (χ3v) is 5.63. The summed E-state index contributed by atoms with van der Waals surface area (Å²) in [6.07, 6.45) is 4.94. The predicted molar refractivity (Wildman–Crippen MR) is 96.2 cm³/mol. The molecule has 2 nitrogen and oxygen atoms in total. The summed E-state index contributed by atoms with van der Waals surface area (Å²) in [6.45, 7) is 3.34. The van der Waals surface area contributed by atoms with E-state index < -0.39 is 0 Å². The number of aromatic amines is 1. The molecule has 2 aliphatic rings. The number of anilines is 1. The van der Waals surface area contributed by atoms with Gasteiger partial charge in [-0.1, -0.05) is 29.8 Å². The molecule has 1 aromatic heterocycles. The molecule has 1 aliphatic carbocycles. The number of benzene rings is 2. The highest BCUT2D eigenvalue weighted by Crippen LogP contribution is 2.42. The van der Waals surface area contributed by atoms with Gasteiger partial charge in [-0.05, 0) is 61.9 Å². The molecule has 0 fully saturated rings. The molecule has 5 rings (SSSR count). The summed E-state index contributed by atoms with van der Waals surface area (Å²) in [7, 11) is 0. The second kappa shape index (κ2) is 4.89. The molecule has 0 saturated heterocycles. The fourth-order valence-corrected chi connectivity index (χ4v) is 4.55. The summed E-state index contributed by atoms with van der Waals surface area (Å²) in [6, 6.07) is 16.2. The molecule has 0 amide bonds. The minimum Gasteiger partial charge on any atom is -0.362 e. The number of para-hydroxylation sites is 1. The van der Waals surface area contributed by atoms with E-state index in [0.717, 1.165) is 6.54 Å². The van der Waals surface area contributed by atoms with Crippen LogP contribution in [0, 0.1) is 6.92 Å². The Morgan fingerprint density at radius 1 is 1.09 bits per heavy atom. The van der Waals surface area contributed by atoms with Crippen LogP contribution < -0.4 is 4.90 Å². The van der Waals surface area contributed by atoms with E-state index in [1.807, 2.05) is 0 Å². The fourth-order valence-electron chi connectivity index (χ4n) is 4.55. The van der Waals surface area contributed by atoms with Crippen LogP contribution >= 0.6 is 0 Å². The van der Waals surface area contributed by atoms with Crippen LogP contribution in [0.1, 0.15) is 41.3 Å². The second-order valence-electron chi connectivity index (χ2n) is 7.05. The lowest BCUT2D eigenvalue weighted by Gasteiger charge is -2.33. The lowest BCUT2D eigenvalue weighted by atomic mass is 9.90. The van der Waals surface area contributed by atoms with Crippen LogP contribution in [0.25, 0.3) is 10.9 Å². The number of nitrogens with zero attached hydrogens (tertiary/aromatic N) is 1. The molecule has 116 valence electrons. The molecule has 1 aliphatic heterocycles. The van der Waals surface area contributed by atoms with E-state index in [-0.39, 0.29) is 0 Å². The predicted octanol–water partition coefficient (Wildman–Crippen LogP) is 4.92. The summed E-state index contributed by atoms with van der Waals surface area (Å²) in [5.41, 5.74) is 8.64. The largest absolute Gasteiger partial charge is 0.362 e. The summed E-state index contributed by atoms with van der Waals surface area (Å²) >= 11 is 0. The Morgan fingerprint density at radius 3 is 2.96 bits per heavy atom. The minimum absolute atomic E-state index is 0.509. The summed E-state index contributed by atoms with van der Waals surface area (Å²) in [5, 5.41) is 1.44. The van der Waals surface area contributed by atoms with E-state index in [9.17, 15) is 0 Å². The molecule has 2 heterocycles. The highest BCUT2D eigenvalue weighted by molar-refractivity contribution is 5.86. The highest BCUT2D eigenvalue weighted by Gasteiger charge is 2.32. The van der Waals surface area contributed by atoms with Crippen LogP contribution in [-0.2, 0) is 12.8 Å². The van der Waals surface area contributed by atoms with E-state index in [0.29, 0.717) is 6.04 Å². The lowest BCUT2D eigenvalue weighted by molar-refractivity contribution is 0.523. The van der Waals surface area contributed by atoms with Gasteiger partial charge in [0.1, 0.15) is 0 Å². The number of hydrogen-bond acceptors (Lipinski definition) is 1. The van der Waals surface area contributed by atoms with Gasteiger partial charge in [0.2, 0.25) is 0 Å². The van der Waals surface area contributed by atoms with Crippen molar-refractivity contribution in [3.8, 4) is 0 Å². The van der Waals surface area contributed by atoms with E-state index in [1.54, 1.807) is 5.56 Å². The first-order valence-electron chi connectivity index (χ1n) is 8.77. The third kappa shape index (κ3) is 1.94. The van der Waals surface area contributed by atoms with E-state index in [1.165, 1.54) is 59.1 Å². The van der Waals surface area contributed by atoms with Crippen molar-refractivity contribution in [3.63, 3.8) is 0 Å². The van der Waals surface area contributed by atoms with Crippen LogP contribution in [0.2, 0.25) is 0 Å². The van der Waals surface area contributed by atoms with Gasteiger partial charge in [0.25, 0.3) is 0 Å². The first-order chi connectivity index (χ1) is 11.3. The number of nitrogens with one attached hydrogen (secondary N) is 1. The summed E-state index contributed by atoms with van der Waals surface area (Å²) in [4.78, 5) is 6.39. The van der Waals surface area contributed by atoms with Crippen LogP contribution in [0.15, 0.2) is 42.5 Å². The molecular weight excluding hydrogens is 280 g/mol. The van der Waals surface area contributed by atoms with Gasteiger partial charge in [0.15, 0.2) is 0 Å². The van der Waals surface area contributed by atoms with Gasteiger partial charge in [0.05, 0.1) is 6.04 Å². The Labute approximate surface area is 137 Å². The van der Waals surface area contributed by atoms with Crippen molar-refractivity contribution in [3.05, 3.63) is 64.8 Å². The molecule has 0 bridgehead atoms. The van der Waals surface area contributed by atoms with Gasteiger partial charge in [0, 0.05) is 28.8 Å². The average Bonchev–Trinajstić information content (AvgIpc) is 3.16. The topological polar surface area (TPSA) is 19.0 Å². The summed E-state index contributed by atoms with van der Waals surface area (Å²) < 4.78 is 0. The SMILES string of the molecule is Cc1ccc2[nH]c3c(c2c1)CCCC3N1CCc2ccccc21. The molecule has 3 aromatic rings. The van der Waals surface area contributed by atoms with E-state index in [2.05, 4.69) is 59.3 Å². The first-order valence-corrected chi connectivity index (χ1v) is 8.77. The number of aromatic nitrogens is 1. The Balaban J connectivity index is 1.64. The van der Waals surface area contributed by atoms with Gasteiger partial charge in [-0.2, -0.15) is 0 Å². The molecule has 2 heteroatoms. The van der Waals surface area contributed by atoms with Crippen molar-refractivity contribution in [2.24, 2.45) is 0 Å². The lowest BCUT2D eigenvalue weighted by Crippen LogP contribution is -2.29. The van der Waals surface area contributed by atoms with Crippen molar-refractivity contribution in [2.75, 3.05) is 11.4 Å². The third-order valence-electron chi connectivity index (χ3n) is 5.63. The van der Waals surface area contributed by atoms with E-state index in [4.69, 9.17) is 0 Å². The average molecular weight is 302 g/mol. The number of hydrogen-bond donors (Lipinski definition) is 1. The Bertz CT molecular complexity index is 890. The Kier molecular flexibility index (Phi) is 2.81. The number of rotatable bonds is 1. The van der Waals surface area contributed by atoms with Crippen molar-refractivity contribution in [1.82, 2.24) is 4.98 Å². The maximum Gasteiger partial charge on any atom is 0.0695 e. The van der Waals surface area contributed by atoms with Crippen molar-refractivity contribution in [1.29, 1.82) is 0 Å². The number of aryl methyl sites for hydroxylation is 2. The van der Waals surface area contributed by atoms with Gasteiger partial charge in [-0.15, -0.1) is 0 Å². The standard InChI is InChI=1S/C21H22N2/c1-14-9-10-18-17(13-14)16-6-4-8-20(21(16)22-18)23-12-11-15-5-2-3-7-19(15)23/h2-3,5,7,9-10,13,20,22H,4,6,8,11-12H2,1H3. The van der Waals surface area contributed by atoms with Crippen molar-refractivity contribution < 1.29 is 0 Å². The second-order valence-corrected chi connectivity index (χ2v) is 7.05. The van der Waals surface area contributed by atoms with Crippen LogP contribution in [0.5, 0.6) is 0 Å². The molecule has 1 N–H and O–H groups in total. The molecule has 1 unspecified atom stereocenters. The highest BCUT2D eigenvalue weighted by atomic mass is 15.2. The molecule has 0 saturated carbocycles. The van der Waals surface area contributed by atoms with Crippen LogP contribution in [0.4, 0.5) is 5.69 Å².